The molecule has 24 heavy (non-hydrogen) atoms. The monoisotopic (exact) mass is 364 g/mol. The maximum absolute atomic E-state index is 12.5. The van der Waals surface area contributed by atoms with Crippen LogP contribution < -0.4 is 0 Å². The van der Waals surface area contributed by atoms with Crippen molar-refractivity contribution in [3.05, 3.63) is 0 Å². The lowest BCUT2D eigenvalue weighted by Crippen LogP contribution is -2.53. The summed E-state index contributed by atoms with van der Waals surface area (Å²) in [6.07, 6.45) is 1.22. The first kappa shape index (κ1) is 23.0. The van der Waals surface area contributed by atoms with Crippen LogP contribution in [0.2, 0.25) is 5.54 Å². The third-order valence-corrected chi connectivity index (χ3v) is 6.40. The van der Waals surface area contributed by atoms with Gasteiger partial charge in [0.25, 0.3) is 0 Å². The lowest BCUT2D eigenvalue weighted by atomic mass is 10.3. The van der Waals surface area contributed by atoms with E-state index in [1.807, 2.05) is 13.8 Å². The molecule has 0 heterocycles. The van der Waals surface area contributed by atoms with Crippen LogP contribution in [0.3, 0.4) is 0 Å². The molecule has 0 aliphatic carbocycles. The van der Waals surface area contributed by atoms with Crippen LogP contribution in [0.1, 0.15) is 53.9 Å². The van der Waals surface area contributed by atoms with Crippen LogP contribution in [0.5, 0.6) is 0 Å². The third-order valence-electron chi connectivity index (χ3n) is 3.03. The Morgan fingerprint density at radius 1 is 0.792 bits per heavy atom. The van der Waals surface area contributed by atoms with E-state index in [1.54, 1.807) is 20.8 Å². The molecule has 0 spiro atoms. The first-order chi connectivity index (χ1) is 11.5. The lowest BCUT2D eigenvalue weighted by Gasteiger charge is -2.33. The van der Waals surface area contributed by atoms with Crippen molar-refractivity contribution in [3.63, 3.8) is 0 Å². The molecular weight excluding hydrogens is 332 g/mol. The van der Waals surface area contributed by atoms with Gasteiger partial charge in [0.2, 0.25) is 0 Å². The number of carbonyl (C=O) groups excluding carboxylic acids is 2. The van der Waals surface area contributed by atoms with Gasteiger partial charge >= 0.3 is 20.7 Å². The van der Waals surface area contributed by atoms with E-state index in [-0.39, 0.29) is 13.0 Å². The molecule has 142 valence electrons. The van der Waals surface area contributed by atoms with Crippen molar-refractivity contribution in [1.29, 1.82) is 0 Å². The maximum atomic E-state index is 12.5. The van der Waals surface area contributed by atoms with Gasteiger partial charge in [-0.1, -0.05) is 13.8 Å². The first-order valence-electron chi connectivity index (χ1n) is 8.75. The second kappa shape index (κ2) is 13.3. The number of carbonyl (C=O) groups is 2. The number of hydrogen-bond donors (Lipinski definition) is 0. The summed E-state index contributed by atoms with van der Waals surface area (Å²) in [5.41, 5.74) is -0.923. The van der Waals surface area contributed by atoms with Crippen molar-refractivity contribution in [2.45, 2.75) is 59.4 Å². The van der Waals surface area contributed by atoms with Crippen LogP contribution in [-0.4, -0.2) is 53.8 Å². The molecule has 0 saturated heterocycles. The summed E-state index contributed by atoms with van der Waals surface area (Å²) in [5.74, 6) is -1.02. The molecule has 0 saturated carbocycles. The standard InChI is InChI=1S/C16H32O7Si/c1-6-11-19-15(17)13-14(16(18)20-12-7-2)24(21-8-3,22-9-4)23-10-5/h14H,6-13H2,1-5H3. The Morgan fingerprint density at radius 3 is 1.67 bits per heavy atom. The van der Waals surface area contributed by atoms with Crippen molar-refractivity contribution in [3.8, 4) is 0 Å². The molecule has 0 amide bonds. The van der Waals surface area contributed by atoms with Gasteiger partial charge in [0, 0.05) is 19.8 Å². The Kier molecular flexibility index (Phi) is 12.8. The molecule has 0 bridgehead atoms. The van der Waals surface area contributed by atoms with E-state index in [1.165, 1.54) is 0 Å². The number of rotatable bonds is 14. The van der Waals surface area contributed by atoms with Crippen molar-refractivity contribution < 1.29 is 32.3 Å². The fraction of sp³-hybridized carbons (Fsp3) is 0.875. The molecule has 0 fully saturated rings. The molecule has 0 N–H and O–H groups in total. The number of esters is 2. The summed E-state index contributed by atoms with van der Waals surface area (Å²) in [6, 6.07) is 0. The summed E-state index contributed by atoms with van der Waals surface area (Å²) < 4.78 is 27.7. The Hall–Kier alpha value is -0.963. The van der Waals surface area contributed by atoms with Crippen molar-refractivity contribution in [2.75, 3.05) is 33.0 Å². The van der Waals surface area contributed by atoms with Gasteiger partial charge < -0.3 is 22.8 Å². The smallest absolute Gasteiger partial charge is 0.466 e. The quantitative estimate of drug-likeness (QED) is 0.346. The largest absolute Gasteiger partial charge is 0.516 e. The molecule has 0 rings (SSSR count). The van der Waals surface area contributed by atoms with Gasteiger partial charge in [-0.15, -0.1) is 0 Å². The van der Waals surface area contributed by atoms with Gasteiger partial charge in [-0.3, -0.25) is 9.59 Å². The zero-order valence-corrected chi connectivity index (χ0v) is 16.6. The molecule has 0 aromatic carbocycles. The van der Waals surface area contributed by atoms with Crippen LogP contribution in [0.15, 0.2) is 0 Å². The van der Waals surface area contributed by atoms with Crippen LogP contribution in [0, 0.1) is 0 Å². The summed E-state index contributed by atoms with van der Waals surface area (Å²) in [4.78, 5) is 24.6. The molecule has 0 aromatic rings. The minimum absolute atomic E-state index is 0.172. The minimum atomic E-state index is -3.42. The van der Waals surface area contributed by atoms with E-state index >= 15 is 0 Å². The van der Waals surface area contributed by atoms with E-state index in [9.17, 15) is 9.59 Å². The first-order valence-corrected chi connectivity index (χ1v) is 10.5. The summed E-state index contributed by atoms with van der Waals surface area (Å²) in [5, 5.41) is 0. The van der Waals surface area contributed by atoms with Crippen LogP contribution in [0.4, 0.5) is 0 Å². The van der Waals surface area contributed by atoms with E-state index < -0.39 is 26.3 Å². The normalized spacial score (nSPS) is 12.7. The van der Waals surface area contributed by atoms with E-state index in [4.69, 9.17) is 22.8 Å². The topological polar surface area (TPSA) is 80.3 Å². The van der Waals surface area contributed by atoms with Crippen LogP contribution >= 0.6 is 0 Å². The molecule has 1 atom stereocenters. The second-order valence-electron chi connectivity index (χ2n) is 5.05. The molecule has 8 heteroatoms. The highest BCUT2D eigenvalue weighted by Crippen LogP contribution is 2.31. The Balaban J connectivity index is 5.45. The molecule has 7 nitrogen and oxygen atoms in total. The molecular formula is C16H32O7Si. The third kappa shape index (κ3) is 7.74. The lowest BCUT2D eigenvalue weighted by molar-refractivity contribution is -0.152. The Labute approximate surface area is 146 Å². The molecule has 0 aromatic heterocycles. The minimum Gasteiger partial charge on any atom is -0.466 e. The average Bonchev–Trinajstić information content (AvgIpc) is 2.56. The van der Waals surface area contributed by atoms with E-state index in [0.29, 0.717) is 39.3 Å². The predicted molar refractivity (Wildman–Crippen MR) is 91.5 cm³/mol. The van der Waals surface area contributed by atoms with E-state index in [2.05, 4.69) is 0 Å². The van der Waals surface area contributed by atoms with Crippen LogP contribution in [-0.2, 0) is 32.3 Å². The fourth-order valence-corrected chi connectivity index (χ4v) is 4.98. The fourth-order valence-electron chi connectivity index (χ4n) is 2.13. The summed E-state index contributed by atoms with van der Waals surface area (Å²) in [6.45, 7) is 10.7. The highest BCUT2D eigenvalue weighted by Gasteiger charge is 2.55. The van der Waals surface area contributed by atoms with Gasteiger partial charge in [-0.25, -0.2) is 0 Å². The van der Waals surface area contributed by atoms with Gasteiger partial charge in [0.05, 0.1) is 19.6 Å². The van der Waals surface area contributed by atoms with Crippen LogP contribution in [0.25, 0.3) is 0 Å². The number of ether oxygens (including phenoxy) is 2. The predicted octanol–water partition coefficient (Wildman–Crippen LogP) is 2.70. The highest BCUT2D eigenvalue weighted by atomic mass is 28.4. The molecule has 0 aliphatic rings. The molecule has 1 unspecified atom stereocenters. The van der Waals surface area contributed by atoms with Crippen molar-refractivity contribution >= 4 is 20.7 Å². The second-order valence-corrected chi connectivity index (χ2v) is 7.82. The van der Waals surface area contributed by atoms with Gasteiger partial charge in [-0.05, 0) is 33.6 Å². The summed E-state index contributed by atoms with van der Waals surface area (Å²) >= 11 is 0. The van der Waals surface area contributed by atoms with Gasteiger partial charge in [-0.2, -0.15) is 0 Å². The highest BCUT2D eigenvalue weighted by molar-refractivity contribution is 6.66. The van der Waals surface area contributed by atoms with E-state index in [0.717, 1.165) is 0 Å². The molecule has 0 radical (unpaired) electrons. The average molecular weight is 365 g/mol. The van der Waals surface area contributed by atoms with Gasteiger partial charge in [0.15, 0.2) is 0 Å². The molecule has 0 aliphatic heterocycles. The zero-order valence-electron chi connectivity index (χ0n) is 15.6. The van der Waals surface area contributed by atoms with Crippen molar-refractivity contribution in [2.24, 2.45) is 0 Å². The summed E-state index contributed by atoms with van der Waals surface area (Å²) in [7, 11) is -3.42. The van der Waals surface area contributed by atoms with Crippen molar-refractivity contribution in [1.82, 2.24) is 0 Å². The zero-order chi connectivity index (χ0) is 18.4. The SMILES string of the molecule is CCCOC(=O)CC(C(=O)OCCC)[Si](OCC)(OCC)OCC. The Morgan fingerprint density at radius 2 is 1.25 bits per heavy atom. The number of hydrogen-bond acceptors (Lipinski definition) is 7. The Bertz CT molecular complexity index is 345. The van der Waals surface area contributed by atoms with Gasteiger partial charge in [0.1, 0.15) is 5.54 Å². The maximum Gasteiger partial charge on any atom is 0.516 e.